The van der Waals surface area contributed by atoms with Crippen LogP contribution in [0, 0.1) is 20.8 Å². The van der Waals surface area contributed by atoms with Crippen molar-refractivity contribution in [2.75, 3.05) is 36.8 Å². The van der Waals surface area contributed by atoms with Gasteiger partial charge in [0.15, 0.2) is 0 Å². The molecule has 5 rings (SSSR count). The SMILES string of the molecule is Cc1cc(C)n(-c2nc(N)c(C)c(-c3cccc(N4CCN(C5CC5)CC4)n3)n2)n1. The maximum absolute atomic E-state index is 6.25. The molecule has 0 bridgehead atoms. The van der Waals surface area contributed by atoms with E-state index in [1.807, 2.05) is 39.0 Å². The molecule has 156 valence electrons. The molecular formula is C22H28N8. The number of aromatic nitrogens is 5. The molecular weight excluding hydrogens is 376 g/mol. The van der Waals surface area contributed by atoms with E-state index >= 15 is 0 Å². The monoisotopic (exact) mass is 404 g/mol. The van der Waals surface area contributed by atoms with Crippen LogP contribution in [0.3, 0.4) is 0 Å². The lowest BCUT2D eigenvalue weighted by Crippen LogP contribution is -2.47. The van der Waals surface area contributed by atoms with Crippen molar-refractivity contribution in [1.82, 2.24) is 29.6 Å². The number of piperazine rings is 1. The normalized spacial score (nSPS) is 17.5. The molecule has 0 spiro atoms. The molecule has 1 aliphatic heterocycles. The Morgan fingerprint density at radius 2 is 1.73 bits per heavy atom. The van der Waals surface area contributed by atoms with Crippen LogP contribution in [-0.2, 0) is 0 Å². The van der Waals surface area contributed by atoms with E-state index in [1.165, 1.54) is 12.8 Å². The molecule has 30 heavy (non-hydrogen) atoms. The molecule has 1 saturated heterocycles. The van der Waals surface area contributed by atoms with Gasteiger partial charge >= 0.3 is 0 Å². The lowest BCUT2D eigenvalue weighted by Gasteiger charge is -2.35. The summed E-state index contributed by atoms with van der Waals surface area (Å²) in [6, 6.07) is 8.94. The molecule has 0 amide bonds. The van der Waals surface area contributed by atoms with Crippen LogP contribution in [-0.4, -0.2) is 61.9 Å². The predicted molar refractivity (Wildman–Crippen MR) is 118 cm³/mol. The molecule has 1 aliphatic carbocycles. The Bertz CT molecular complexity index is 1080. The first-order valence-corrected chi connectivity index (χ1v) is 10.6. The lowest BCUT2D eigenvalue weighted by atomic mass is 10.1. The van der Waals surface area contributed by atoms with E-state index in [-0.39, 0.29) is 0 Å². The largest absolute Gasteiger partial charge is 0.383 e. The second kappa shape index (κ2) is 7.36. The van der Waals surface area contributed by atoms with Gasteiger partial charge in [0.1, 0.15) is 11.6 Å². The third-order valence-electron chi connectivity index (χ3n) is 6.05. The zero-order valence-electron chi connectivity index (χ0n) is 17.8. The molecule has 8 heteroatoms. The summed E-state index contributed by atoms with van der Waals surface area (Å²) in [6.07, 6.45) is 2.72. The van der Waals surface area contributed by atoms with Crippen LogP contribution in [0.5, 0.6) is 0 Å². The minimum Gasteiger partial charge on any atom is -0.383 e. The Kier molecular flexibility index (Phi) is 4.66. The van der Waals surface area contributed by atoms with Gasteiger partial charge in [0.25, 0.3) is 5.95 Å². The van der Waals surface area contributed by atoms with E-state index in [0.717, 1.165) is 66.4 Å². The van der Waals surface area contributed by atoms with E-state index in [9.17, 15) is 0 Å². The molecule has 3 aromatic heterocycles. The fourth-order valence-corrected chi connectivity index (χ4v) is 4.18. The number of rotatable bonds is 4. The number of anilines is 2. The van der Waals surface area contributed by atoms with Crippen LogP contribution in [0.25, 0.3) is 17.3 Å². The Morgan fingerprint density at radius 3 is 2.40 bits per heavy atom. The van der Waals surface area contributed by atoms with Gasteiger partial charge in [-0.05, 0) is 51.8 Å². The summed E-state index contributed by atoms with van der Waals surface area (Å²) in [4.78, 5) is 19.2. The van der Waals surface area contributed by atoms with E-state index in [1.54, 1.807) is 4.68 Å². The average molecular weight is 405 g/mol. The third-order valence-corrected chi connectivity index (χ3v) is 6.05. The highest BCUT2D eigenvalue weighted by Crippen LogP contribution is 2.29. The van der Waals surface area contributed by atoms with E-state index < -0.39 is 0 Å². The zero-order valence-corrected chi connectivity index (χ0v) is 17.8. The van der Waals surface area contributed by atoms with Gasteiger partial charge in [-0.15, -0.1) is 0 Å². The van der Waals surface area contributed by atoms with Crippen LogP contribution in [0.2, 0.25) is 0 Å². The fourth-order valence-electron chi connectivity index (χ4n) is 4.18. The van der Waals surface area contributed by atoms with Crippen molar-refractivity contribution in [2.45, 2.75) is 39.7 Å². The van der Waals surface area contributed by atoms with E-state index in [4.69, 9.17) is 15.7 Å². The summed E-state index contributed by atoms with van der Waals surface area (Å²) < 4.78 is 1.73. The second-order valence-electron chi connectivity index (χ2n) is 8.36. The average Bonchev–Trinajstić information content (AvgIpc) is 3.54. The quantitative estimate of drug-likeness (QED) is 0.715. The van der Waals surface area contributed by atoms with Crippen molar-refractivity contribution in [2.24, 2.45) is 0 Å². The minimum absolute atomic E-state index is 0.452. The second-order valence-corrected chi connectivity index (χ2v) is 8.36. The topological polar surface area (TPSA) is 89.0 Å². The highest BCUT2D eigenvalue weighted by molar-refractivity contribution is 5.66. The molecule has 8 nitrogen and oxygen atoms in total. The van der Waals surface area contributed by atoms with Crippen LogP contribution < -0.4 is 10.6 Å². The number of nitrogens with two attached hydrogens (primary N) is 1. The number of nitrogen functional groups attached to an aromatic ring is 1. The summed E-state index contributed by atoms with van der Waals surface area (Å²) in [5, 5.41) is 4.51. The van der Waals surface area contributed by atoms with E-state index in [0.29, 0.717) is 11.8 Å². The molecule has 0 atom stereocenters. The minimum atomic E-state index is 0.452. The van der Waals surface area contributed by atoms with Crippen molar-refractivity contribution >= 4 is 11.6 Å². The van der Waals surface area contributed by atoms with Crippen LogP contribution >= 0.6 is 0 Å². The van der Waals surface area contributed by atoms with Crippen molar-refractivity contribution in [1.29, 1.82) is 0 Å². The van der Waals surface area contributed by atoms with Gasteiger partial charge in [-0.1, -0.05) is 6.07 Å². The first-order valence-electron chi connectivity index (χ1n) is 10.6. The summed E-state index contributed by atoms with van der Waals surface area (Å²) >= 11 is 0. The van der Waals surface area contributed by atoms with Gasteiger partial charge in [0, 0.05) is 43.5 Å². The van der Waals surface area contributed by atoms with Crippen LogP contribution in [0.15, 0.2) is 24.3 Å². The first kappa shape index (κ1) is 19.0. The van der Waals surface area contributed by atoms with Crippen LogP contribution in [0.1, 0.15) is 29.8 Å². The van der Waals surface area contributed by atoms with Gasteiger partial charge < -0.3 is 10.6 Å². The molecule has 4 heterocycles. The summed E-state index contributed by atoms with van der Waals surface area (Å²) in [5.74, 6) is 1.92. The summed E-state index contributed by atoms with van der Waals surface area (Å²) in [6.45, 7) is 10.1. The van der Waals surface area contributed by atoms with Gasteiger partial charge in [0.05, 0.1) is 17.1 Å². The third kappa shape index (κ3) is 3.52. The maximum atomic E-state index is 6.25. The molecule has 2 fully saturated rings. The molecule has 1 saturated carbocycles. The van der Waals surface area contributed by atoms with Gasteiger partial charge in [-0.3, -0.25) is 4.90 Å². The Balaban J connectivity index is 1.47. The van der Waals surface area contributed by atoms with Gasteiger partial charge in [-0.25, -0.2) is 14.6 Å². The molecule has 3 aromatic rings. The number of hydrogen-bond acceptors (Lipinski definition) is 7. The Morgan fingerprint density at radius 1 is 0.967 bits per heavy atom. The van der Waals surface area contributed by atoms with E-state index in [2.05, 4.69) is 25.9 Å². The molecule has 0 unspecified atom stereocenters. The molecule has 0 aromatic carbocycles. The summed E-state index contributed by atoms with van der Waals surface area (Å²) in [5.41, 5.74) is 10.5. The first-order chi connectivity index (χ1) is 14.5. The summed E-state index contributed by atoms with van der Waals surface area (Å²) in [7, 11) is 0. The number of nitrogens with zero attached hydrogens (tertiary/aromatic N) is 7. The van der Waals surface area contributed by atoms with Crippen molar-refractivity contribution in [3.8, 4) is 17.3 Å². The maximum Gasteiger partial charge on any atom is 0.253 e. The number of hydrogen-bond donors (Lipinski definition) is 1. The van der Waals surface area contributed by atoms with Gasteiger partial charge in [-0.2, -0.15) is 10.1 Å². The van der Waals surface area contributed by atoms with Crippen LogP contribution in [0.4, 0.5) is 11.6 Å². The predicted octanol–water partition coefficient (Wildman–Crippen LogP) is 2.52. The zero-order chi connectivity index (χ0) is 20.8. The standard InChI is InChI=1S/C22H28N8/c1-14-13-15(2)30(27-14)22-25-20(16(3)21(23)26-22)18-5-4-6-19(24-18)29-11-9-28(10-12-29)17-7-8-17/h4-6,13,17H,7-12H2,1-3H3,(H2,23,25,26). The smallest absolute Gasteiger partial charge is 0.253 e. The highest BCUT2D eigenvalue weighted by Gasteiger charge is 2.31. The van der Waals surface area contributed by atoms with Crippen molar-refractivity contribution in [3.63, 3.8) is 0 Å². The van der Waals surface area contributed by atoms with Gasteiger partial charge in [0.2, 0.25) is 0 Å². The molecule has 2 aliphatic rings. The fraction of sp³-hybridized carbons (Fsp3) is 0.455. The van der Waals surface area contributed by atoms with Crippen molar-refractivity contribution in [3.05, 3.63) is 41.2 Å². The lowest BCUT2D eigenvalue weighted by molar-refractivity contribution is 0.247. The highest BCUT2D eigenvalue weighted by atomic mass is 15.4. The Labute approximate surface area is 176 Å². The molecule has 0 radical (unpaired) electrons. The Hall–Kier alpha value is -3.00. The van der Waals surface area contributed by atoms with Crippen molar-refractivity contribution < 1.29 is 0 Å². The number of pyridine rings is 1. The number of aryl methyl sites for hydroxylation is 2. The molecule has 2 N–H and O–H groups in total.